The Morgan fingerprint density at radius 3 is 2.46 bits per heavy atom. The van der Waals surface area contributed by atoms with E-state index in [1.165, 1.54) is 23.6 Å². The van der Waals surface area contributed by atoms with Gasteiger partial charge in [0.05, 0.1) is 22.3 Å². The zero-order chi connectivity index (χ0) is 18.7. The lowest BCUT2D eigenvalue weighted by Gasteiger charge is -2.13. The fraction of sp³-hybridized carbons (Fsp3) is 0.0556. The minimum absolute atomic E-state index is 0.0245. The highest BCUT2D eigenvalue weighted by molar-refractivity contribution is 7.13. The van der Waals surface area contributed by atoms with Crippen molar-refractivity contribution < 1.29 is 13.2 Å². The summed E-state index contributed by atoms with van der Waals surface area (Å²) in [6.07, 6.45) is -3.47. The molecule has 130 valence electrons. The van der Waals surface area contributed by atoms with Gasteiger partial charge in [-0.1, -0.05) is 36.4 Å². The zero-order valence-corrected chi connectivity index (χ0v) is 13.9. The van der Waals surface area contributed by atoms with Crippen LogP contribution in [0.25, 0.3) is 10.6 Å². The second-order valence-electron chi connectivity index (χ2n) is 5.18. The van der Waals surface area contributed by atoms with Crippen LogP contribution in [0.4, 0.5) is 13.2 Å². The van der Waals surface area contributed by atoms with Gasteiger partial charge in [0, 0.05) is 0 Å². The average molecular weight is 373 g/mol. The predicted molar refractivity (Wildman–Crippen MR) is 93.2 cm³/mol. The van der Waals surface area contributed by atoms with E-state index < -0.39 is 22.9 Å². The van der Waals surface area contributed by atoms with Gasteiger partial charge in [-0.05, 0) is 23.1 Å². The lowest BCUT2D eigenvalue weighted by Crippen LogP contribution is -2.26. The van der Waals surface area contributed by atoms with Crippen LogP contribution in [0.5, 0.6) is 0 Å². The summed E-state index contributed by atoms with van der Waals surface area (Å²) in [7, 11) is 0. The summed E-state index contributed by atoms with van der Waals surface area (Å²) >= 11 is 1.17. The molecule has 0 unspecified atom stereocenters. The number of halogens is 3. The van der Waals surface area contributed by atoms with Crippen molar-refractivity contribution >= 4 is 17.6 Å². The molecule has 0 amide bonds. The minimum Gasteiger partial charge on any atom is -0.266 e. The van der Waals surface area contributed by atoms with Crippen LogP contribution in [0, 0.1) is 11.3 Å². The molecule has 3 aromatic rings. The van der Waals surface area contributed by atoms with E-state index in [9.17, 15) is 18.0 Å². The van der Waals surface area contributed by atoms with Gasteiger partial charge in [-0.2, -0.15) is 28.2 Å². The molecule has 2 heterocycles. The summed E-state index contributed by atoms with van der Waals surface area (Å²) in [5.41, 5.74) is -2.72. The van der Waals surface area contributed by atoms with Crippen LogP contribution in [0.2, 0.25) is 0 Å². The molecule has 0 fully saturated rings. The van der Waals surface area contributed by atoms with Crippen LogP contribution in [0.15, 0.2) is 63.8 Å². The van der Waals surface area contributed by atoms with Gasteiger partial charge in [-0.25, -0.2) is 0 Å². The summed E-state index contributed by atoms with van der Waals surface area (Å²) < 4.78 is 40.7. The average Bonchev–Trinajstić information content (AvgIpc) is 3.14. The summed E-state index contributed by atoms with van der Waals surface area (Å²) in [4.78, 5) is 13.0. The predicted octanol–water partition coefficient (Wildman–Crippen LogP) is 4.35. The number of nitriles is 1. The van der Waals surface area contributed by atoms with Crippen LogP contribution >= 0.6 is 11.3 Å². The Labute approximate surface area is 150 Å². The molecule has 0 aliphatic heterocycles. The van der Waals surface area contributed by atoms with E-state index >= 15 is 0 Å². The molecule has 0 saturated heterocycles. The van der Waals surface area contributed by atoms with Gasteiger partial charge in [0.1, 0.15) is 11.6 Å². The van der Waals surface area contributed by atoms with Crippen molar-refractivity contribution in [2.45, 2.75) is 6.18 Å². The van der Waals surface area contributed by atoms with E-state index in [0.717, 1.165) is 10.7 Å². The third-order valence-corrected chi connectivity index (χ3v) is 4.39. The van der Waals surface area contributed by atoms with Crippen LogP contribution in [0.1, 0.15) is 16.7 Å². The molecule has 0 saturated carbocycles. The SMILES string of the molecule is N#Cc1c(C(F)(F)F)cc(-c2cccs2)n(/N=C/c2ccccc2)c1=O. The lowest BCUT2D eigenvalue weighted by atomic mass is 10.1. The van der Waals surface area contributed by atoms with E-state index in [1.807, 2.05) is 0 Å². The molecule has 0 aliphatic carbocycles. The number of hydrogen-bond acceptors (Lipinski definition) is 4. The maximum atomic E-state index is 13.3. The normalized spacial score (nSPS) is 11.6. The Morgan fingerprint density at radius 1 is 1.15 bits per heavy atom. The molecule has 4 nitrogen and oxygen atoms in total. The zero-order valence-electron chi connectivity index (χ0n) is 13.1. The number of thiophene rings is 1. The van der Waals surface area contributed by atoms with E-state index in [-0.39, 0.29) is 5.69 Å². The number of aromatic nitrogens is 1. The fourth-order valence-electron chi connectivity index (χ4n) is 2.31. The minimum atomic E-state index is -4.82. The monoisotopic (exact) mass is 373 g/mol. The van der Waals surface area contributed by atoms with Crippen molar-refractivity contribution in [1.82, 2.24) is 4.68 Å². The fourth-order valence-corrected chi connectivity index (χ4v) is 3.04. The highest BCUT2D eigenvalue weighted by Crippen LogP contribution is 2.34. The molecule has 1 aromatic carbocycles. The number of rotatable bonds is 3. The molecular weight excluding hydrogens is 363 g/mol. The van der Waals surface area contributed by atoms with Gasteiger partial charge >= 0.3 is 6.18 Å². The number of pyridine rings is 1. The highest BCUT2D eigenvalue weighted by Gasteiger charge is 2.36. The quantitative estimate of drug-likeness (QED) is 0.641. The van der Waals surface area contributed by atoms with E-state index in [1.54, 1.807) is 47.8 Å². The summed E-state index contributed by atoms with van der Waals surface area (Å²) in [5, 5.41) is 14.8. The molecule has 2 aromatic heterocycles. The number of alkyl halides is 3. The third kappa shape index (κ3) is 3.43. The molecule has 0 atom stereocenters. The second-order valence-corrected chi connectivity index (χ2v) is 6.13. The lowest BCUT2D eigenvalue weighted by molar-refractivity contribution is -0.137. The van der Waals surface area contributed by atoms with Crippen LogP contribution < -0.4 is 5.56 Å². The molecule has 0 bridgehead atoms. The molecule has 0 aliphatic rings. The number of hydrogen-bond donors (Lipinski definition) is 0. The topological polar surface area (TPSA) is 58.1 Å². The standard InChI is InChI=1S/C18H10F3N3OS/c19-18(20,21)14-9-15(16-7-4-8-26-16)24(17(25)13(14)10-22)23-11-12-5-2-1-3-6-12/h1-9,11H/b23-11+. The first-order valence-corrected chi connectivity index (χ1v) is 8.20. The smallest absolute Gasteiger partial charge is 0.266 e. The molecule has 0 spiro atoms. The molecule has 26 heavy (non-hydrogen) atoms. The Bertz CT molecular complexity index is 1050. The van der Waals surface area contributed by atoms with E-state index in [0.29, 0.717) is 10.4 Å². The van der Waals surface area contributed by atoms with Crippen molar-refractivity contribution in [1.29, 1.82) is 5.26 Å². The number of benzene rings is 1. The molecule has 0 radical (unpaired) electrons. The van der Waals surface area contributed by atoms with Crippen molar-refractivity contribution in [3.05, 3.63) is 81.0 Å². The summed E-state index contributed by atoms with van der Waals surface area (Å²) in [6, 6.07) is 14.2. The maximum Gasteiger partial charge on any atom is 0.417 e. The van der Waals surface area contributed by atoms with Gasteiger partial charge in [0.15, 0.2) is 0 Å². The Hall–Kier alpha value is -3.18. The molecule has 0 N–H and O–H groups in total. The van der Waals surface area contributed by atoms with Crippen molar-refractivity contribution in [3.8, 4) is 16.6 Å². The highest BCUT2D eigenvalue weighted by atomic mass is 32.1. The molecule has 8 heteroatoms. The summed E-state index contributed by atoms with van der Waals surface area (Å²) in [5.74, 6) is 0. The Morgan fingerprint density at radius 2 is 1.88 bits per heavy atom. The van der Waals surface area contributed by atoms with Crippen molar-refractivity contribution in [2.75, 3.05) is 0 Å². The van der Waals surface area contributed by atoms with Gasteiger partial charge in [0.25, 0.3) is 5.56 Å². The van der Waals surface area contributed by atoms with Gasteiger partial charge in [-0.3, -0.25) is 4.79 Å². The number of nitrogens with zero attached hydrogens (tertiary/aromatic N) is 3. The Balaban J connectivity index is 2.27. The first-order valence-electron chi connectivity index (χ1n) is 7.32. The van der Waals surface area contributed by atoms with Crippen LogP contribution in [0.3, 0.4) is 0 Å². The maximum absolute atomic E-state index is 13.3. The molecular formula is C18H10F3N3OS. The third-order valence-electron chi connectivity index (χ3n) is 3.50. The Kier molecular flexibility index (Phi) is 4.73. The van der Waals surface area contributed by atoms with Gasteiger partial charge in [-0.15, -0.1) is 11.3 Å². The van der Waals surface area contributed by atoms with Gasteiger partial charge < -0.3 is 0 Å². The van der Waals surface area contributed by atoms with E-state index in [4.69, 9.17) is 5.26 Å². The van der Waals surface area contributed by atoms with Crippen molar-refractivity contribution in [2.24, 2.45) is 5.10 Å². The van der Waals surface area contributed by atoms with Gasteiger partial charge in [0.2, 0.25) is 0 Å². The summed E-state index contributed by atoms with van der Waals surface area (Å²) in [6.45, 7) is 0. The van der Waals surface area contributed by atoms with Crippen LogP contribution in [-0.2, 0) is 6.18 Å². The van der Waals surface area contributed by atoms with Crippen molar-refractivity contribution in [3.63, 3.8) is 0 Å². The molecule has 3 rings (SSSR count). The first-order chi connectivity index (χ1) is 12.4. The van der Waals surface area contributed by atoms with E-state index in [2.05, 4.69) is 5.10 Å². The second kappa shape index (κ2) is 6.98. The first kappa shape index (κ1) is 17.6. The van der Waals surface area contributed by atoms with Crippen LogP contribution in [-0.4, -0.2) is 10.9 Å². The largest absolute Gasteiger partial charge is 0.417 e.